The lowest BCUT2D eigenvalue weighted by Gasteiger charge is -2.27. The highest BCUT2D eigenvalue weighted by molar-refractivity contribution is 6.68. The van der Waals surface area contributed by atoms with E-state index in [0.717, 1.165) is 0 Å². The quantitative estimate of drug-likeness (QED) is 0.314. The lowest BCUT2D eigenvalue weighted by molar-refractivity contribution is -0.384. The Kier molecular flexibility index (Phi) is 6.35. The summed E-state index contributed by atoms with van der Waals surface area (Å²) in [6.07, 6.45) is -1.10. The molecule has 0 unspecified atom stereocenters. The van der Waals surface area contributed by atoms with Gasteiger partial charge in [0.05, 0.1) is 15.6 Å². The SMILES string of the molecule is O=C(N[C@H](Nc1ccccc1Cl)C(Cl)(Cl)Cl)c1ccc([N+](=O)[O-])cc1. The van der Waals surface area contributed by atoms with Crippen molar-refractivity contribution < 1.29 is 9.72 Å². The van der Waals surface area contributed by atoms with Crippen molar-refractivity contribution in [1.29, 1.82) is 0 Å². The Bertz CT molecular complexity index is 778. The van der Waals surface area contributed by atoms with Gasteiger partial charge in [0.2, 0.25) is 3.79 Å². The monoisotopic (exact) mass is 421 g/mol. The maximum atomic E-state index is 12.3. The number of carbonyl (C=O) groups excluding carboxylic acids is 1. The number of non-ortho nitro benzene ring substituents is 1. The zero-order valence-corrected chi connectivity index (χ0v) is 15.4. The molecule has 132 valence electrons. The molecule has 0 saturated carbocycles. The largest absolute Gasteiger partial charge is 0.361 e. The molecule has 0 aliphatic rings. The van der Waals surface area contributed by atoms with E-state index in [9.17, 15) is 14.9 Å². The molecule has 10 heteroatoms. The molecule has 0 saturated heterocycles. The highest BCUT2D eigenvalue weighted by Crippen LogP contribution is 2.33. The number of para-hydroxylation sites is 1. The second kappa shape index (κ2) is 8.10. The Hall–Kier alpha value is -1.73. The van der Waals surface area contributed by atoms with Gasteiger partial charge in [-0.3, -0.25) is 14.9 Å². The molecule has 1 atom stereocenters. The lowest BCUT2D eigenvalue weighted by atomic mass is 10.2. The summed E-state index contributed by atoms with van der Waals surface area (Å²) in [5.41, 5.74) is 0.499. The Morgan fingerprint density at radius 3 is 2.20 bits per heavy atom. The van der Waals surface area contributed by atoms with E-state index in [2.05, 4.69) is 10.6 Å². The predicted molar refractivity (Wildman–Crippen MR) is 99.7 cm³/mol. The molecular formula is C15H11Cl4N3O3. The molecule has 6 nitrogen and oxygen atoms in total. The standard InChI is InChI=1S/C15H11Cl4N3O3/c16-11-3-1-2-4-12(11)20-14(15(17,18)19)21-13(23)9-5-7-10(8-6-9)22(24)25/h1-8,14,20H,(H,21,23)/t14-/m0/s1. The molecule has 25 heavy (non-hydrogen) atoms. The van der Waals surface area contributed by atoms with Crippen molar-refractivity contribution in [3.05, 3.63) is 69.2 Å². The summed E-state index contributed by atoms with van der Waals surface area (Å²) in [6, 6.07) is 11.8. The number of nitrogens with zero attached hydrogens (tertiary/aromatic N) is 1. The number of halogens is 4. The molecule has 0 fully saturated rings. The number of carbonyl (C=O) groups is 1. The van der Waals surface area contributed by atoms with E-state index in [-0.39, 0.29) is 11.3 Å². The van der Waals surface area contributed by atoms with Crippen LogP contribution in [0.4, 0.5) is 11.4 Å². The van der Waals surface area contributed by atoms with Crippen LogP contribution < -0.4 is 10.6 Å². The van der Waals surface area contributed by atoms with Crippen molar-refractivity contribution in [1.82, 2.24) is 5.32 Å². The molecule has 0 bridgehead atoms. The van der Waals surface area contributed by atoms with Gasteiger partial charge in [0.1, 0.15) is 6.17 Å². The fourth-order valence-corrected chi connectivity index (χ4v) is 2.40. The van der Waals surface area contributed by atoms with E-state index < -0.39 is 20.8 Å². The topological polar surface area (TPSA) is 84.3 Å². The second-order valence-electron chi connectivity index (χ2n) is 4.88. The number of hydrogen-bond donors (Lipinski definition) is 2. The van der Waals surface area contributed by atoms with Crippen molar-refractivity contribution >= 4 is 63.7 Å². The summed E-state index contributed by atoms with van der Waals surface area (Å²) in [5, 5.41) is 16.4. The van der Waals surface area contributed by atoms with Gasteiger partial charge >= 0.3 is 0 Å². The van der Waals surface area contributed by atoms with Gasteiger partial charge in [-0.2, -0.15) is 0 Å². The number of alkyl halides is 3. The predicted octanol–water partition coefficient (Wildman–Crippen LogP) is 4.79. The minimum absolute atomic E-state index is 0.135. The van der Waals surface area contributed by atoms with Crippen LogP contribution >= 0.6 is 46.4 Å². The van der Waals surface area contributed by atoms with Crippen molar-refractivity contribution in [2.75, 3.05) is 5.32 Å². The maximum Gasteiger partial charge on any atom is 0.269 e. The number of hydrogen-bond acceptors (Lipinski definition) is 4. The minimum atomic E-state index is -1.88. The smallest absolute Gasteiger partial charge is 0.269 e. The Morgan fingerprint density at radius 1 is 1.08 bits per heavy atom. The molecule has 0 aliphatic carbocycles. The summed E-state index contributed by atoms with van der Waals surface area (Å²) in [7, 11) is 0. The van der Waals surface area contributed by atoms with E-state index in [1.54, 1.807) is 24.3 Å². The maximum absolute atomic E-state index is 12.3. The zero-order valence-electron chi connectivity index (χ0n) is 12.4. The Labute approximate surface area is 163 Å². The van der Waals surface area contributed by atoms with Crippen LogP contribution in [0.2, 0.25) is 5.02 Å². The third-order valence-corrected chi connectivity index (χ3v) is 4.10. The number of benzene rings is 2. The minimum Gasteiger partial charge on any atom is -0.361 e. The highest BCUT2D eigenvalue weighted by atomic mass is 35.6. The first kappa shape index (κ1) is 19.6. The number of rotatable bonds is 5. The average Bonchev–Trinajstić information content (AvgIpc) is 2.55. The third-order valence-electron chi connectivity index (χ3n) is 3.12. The van der Waals surface area contributed by atoms with Gasteiger partial charge in [0.25, 0.3) is 11.6 Å². The number of amides is 1. The van der Waals surface area contributed by atoms with E-state index in [1.165, 1.54) is 24.3 Å². The summed E-state index contributed by atoms with van der Waals surface area (Å²) >= 11 is 23.8. The highest BCUT2D eigenvalue weighted by Gasteiger charge is 2.34. The molecule has 0 aliphatic heterocycles. The molecule has 0 radical (unpaired) electrons. The van der Waals surface area contributed by atoms with Crippen LogP contribution in [0.15, 0.2) is 48.5 Å². The second-order valence-corrected chi connectivity index (χ2v) is 7.65. The molecule has 0 spiro atoms. The normalized spacial score (nSPS) is 12.3. The van der Waals surface area contributed by atoms with E-state index >= 15 is 0 Å². The van der Waals surface area contributed by atoms with Gasteiger partial charge in [-0.1, -0.05) is 58.5 Å². The fourth-order valence-electron chi connectivity index (χ4n) is 1.88. The number of nitro groups is 1. The fraction of sp³-hybridized carbons (Fsp3) is 0.133. The first-order valence-electron chi connectivity index (χ1n) is 6.81. The summed E-state index contributed by atoms with van der Waals surface area (Å²) in [4.78, 5) is 22.4. The van der Waals surface area contributed by atoms with Gasteiger partial charge in [0, 0.05) is 17.7 Å². The van der Waals surface area contributed by atoms with Crippen LogP contribution in [0.5, 0.6) is 0 Å². The van der Waals surface area contributed by atoms with Crippen molar-refractivity contribution in [3.63, 3.8) is 0 Å². The van der Waals surface area contributed by atoms with Crippen molar-refractivity contribution in [2.24, 2.45) is 0 Å². The summed E-state index contributed by atoms with van der Waals surface area (Å²) in [6.45, 7) is 0. The van der Waals surface area contributed by atoms with Gasteiger partial charge in [-0.05, 0) is 24.3 Å². The molecule has 1 amide bonds. The van der Waals surface area contributed by atoms with Crippen LogP contribution in [-0.2, 0) is 0 Å². The van der Waals surface area contributed by atoms with Crippen molar-refractivity contribution in [3.8, 4) is 0 Å². The lowest BCUT2D eigenvalue weighted by Crippen LogP contribution is -2.49. The van der Waals surface area contributed by atoms with Crippen LogP contribution in [0.1, 0.15) is 10.4 Å². The van der Waals surface area contributed by atoms with Gasteiger partial charge in [-0.15, -0.1) is 0 Å². The van der Waals surface area contributed by atoms with E-state index in [4.69, 9.17) is 46.4 Å². The van der Waals surface area contributed by atoms with Gasteiger partial charge in [0.15, 0.2) is 0 Å². The van der Waals surface area contributed by atoms with E-state index in [0.29, 0.717) is 10.7 Å². The third kappa shape index (κ3) is 5.37. The Morgan fingerprint density at radius 2 is 1.68 bits per heavy atom. The van der Waals surface area contributed by atoms with Gasteiger partial charge in [-0.25, -0.2) is 0 Å². The average molecular weight is 423 g/mol. The molecule has 2 N–H and O–H groups in total. The molecule has 0 heterocycles. The van der Waals surface area contributed by atoms with Crippen molar-refractivity contribution in [2.45, 2.75) is 9.96 Å². The van der Waals surface area contributed by atoms with Crippen LogP contribution in [0, 0.1) is 10.1 Å². The number of nitro benzene ring substituents is 1. The summed E-state index contributed by atoms with van der Waals surface area (Å²) in [5.74, 6) is -0.578. The van der Waals surface area contributed by atoms with Gasteiger partial charge < -0.3 is 10.6 Å². The van der Waals surface area contributed by atoms with Crippen LogP contribution in [0.25, 0.3) is 0 Å². The van der Waals surface area contributed by atoms with E-state index in [1.807, 2.05) is 0 Å². The first-order valence-corrected chi connectivity index (χ1v) is 8.33. The summed E-state index contributed by atoms with van der Waals surface area (Å²) < 4.78 is -1.88. The van der Waals surface area contributed by atoms with Crippen LogP contribution in [-0.4, -0.2) is 20.8 Å². The molecule has 2 rings (SSSR count). The number of nitrogens with one attached hydrogen (secondary N) is 2. The molecule has 2 aromatic rings. The molecule has 0 aromatic heterocycles. The van der Waals surface area contributed by atoms with Crippen LogP contribution in [0.3, 0.4) is 0 Å². The first-order chi connectivity index (χ1) is 11.7. The Balaban J connectivity index is 2.18. The molecule has 2 aromatic carbocycles. The zero-order chi connectivity index (χ0) is 18.6. The number of anilines is 1. The molecular weight excluding hydrogens is 412 g/mol.